The van der Waals surface area contributed by atoms with Gasteiger partial charge in [-0.05, 0) is 25.3 Å². The van der Waals surface area contributed by atoms with E-state index in [0.29, 0.717) is 18.7 Å². The molecule has 0 spiro atoms. The monoisotopic (exact) mass is 280 g/mol. The second-order valence-electron chi connectivity index (χ2n) is 4.71. The van der Waals surface area contributed by atoms with Gasteiger partial charge < -0.3 is 10.4 Å². The van der Waals surface area contributed by atoms with Crippen molar-refractivity contribution in [1.29, 1.82) is 0 Å². The lowest BCUT2D eigenvalue weighted by molar-refractivity contribution is -0.384. The van der Waals surface area contributed by atoms with Crippen LogP contribution >= 0.6 is 0 Å². The first-order valence-corrected chi connectivity index (χ1v) is 6.72. The molecule has 2 N–H and O–H groups in total. The van der Waals surface area contributed by atoms with E-state index in [1.807, 2.05) is 13.0 Å². The second-order valence-corrected chi connectivity index (χ2v) is 4.71. The summed E-state index contributed by atoms with van der Waals surface area (Å²) in [5.74, 6) is -0.765. The van der Waals surface area contributed by atoms with Gasteiger partial charge in [0.2, 0.25) is 0 Å². The van der Waals surface area contributed by atoms with E-state index in [1.54, 1.807) is 6.07 Å². The van der Waals surface area contributed by atoms with Crippen molar-refractivity contribution < 1.29 is 14.8 Å². The Kier molecular flexibility index (Phi) is 6.49. The van der Waals surface area contributed by atoms with Crippen molar-refractivity contribution in [2.45, 2.75) is 39.0 Å². The standard InChI is InChI=1S/C14H20N2O4/c1-11-7-6-8-12(16(19)20)14(11)15-10-5-3-2-4-9-13(17)18/h6-8,15H,2-5,9-10H2,1H3,(H,17,18). The molecular formula is C14H20N2O4. The molecule has 110 valence electrons. The van der Waals surface area contributed by atoms with Gasteiger partial charge in [0.25, 0.3) is 5.69 Å². The van der Waals surface area contributed by atoms with E-state index >= 15 is 0 Å². The molecule has 0 atom stereocenters. The number of aliphatic carboxylic acids is 1. The molecule has 0 fully saturated rings. The summed E-state index contributed by atoms with van der Waals surface area (Å²) in [5.41, 5.74) is 1.52. The number of aryl methyl sites for hydroxylation is 1. The largest absolute Gasteiger partial charge is 0.481 e. The topological polar surface area (TPSA) is 92.5 Å². The number of carbonyl (C=O) groups is 1. The highest BCUT2D eigenvalue weighted by atomic mass is 16.6. The first-order valence-electron chi connectivity index (χ1n) is 6.72. The summed E-state index contributed by atoms with van der Waals surface area (Å²) in [6, 6.07) is 4.99. The van der Waals surface area contributed by atoms with Crippen LogP contribution in [0.25, 0.3) is 0 Å². The van der Waals surface area contributed by atoms with Crippen LogP contribution in [0.2, 0.25) is 0 Å². The minimum atomic E-state index is -0.765. The van der Waals surface area contributed by atoms with Crippen LogP contribution in [0.4, 0.5) is 11.4 Å². The second kappa shape index (κ2) is 8.14. The first-order chi connectivity index (χ1) is 9.52. The molecule has 0 bridgehead atoms. The lowest BCUT2D eigenvalue weighted by atomic mass is 10.1. The van der Waals surface area contributed by atoms with Crippen LogP contribution in [0.15, 0.2) is 18.2 Å². The average molecular weight is 280 g/mol. The summed E-state index contributed by atoms with van der Waals surface area (Å²) in [5, 5.41) is 22.5. The van der Waals surface area contributed by atoms with Crippen LogP contribution in [0.5, 0.6) is 0 Å². The van der Waals surface area contributed by atoms with Gasteiger partial charge in [-0.25, -0.2) is 0 Å². The van der Waals surface area contributed by atoms with Crippen LogP contribution in [-0.4, -0.2) is 22.5 Å². The fraction of sp³-hybridized carbons (Fsp3) is 0.500. The zero-order valence-corrected chi connectivity index (χ0v) is 11.6. The maximum Gasteiger partial charge on any atom is 0.303 e. The Morgan fingerprint density at radius 1 is 1.30 bits per heavy atom. The average Bonchev–Trinajstić information content (AvgIpc) is 2.38. The summed E-state index contributed by atoms with van der Waals surface area (Å²) in [6.07, 6.45) is 3.53. The molecular weight excluding hydrogens is 260 g/mol. The molecule has 0 amide bonds. The number of hydrogen-bond donors (Lipinski definition) is 2. The SMILES string of the molecule is Cc1cccc([N+](=O)[O-])c1NCCCCCCC(=O)O. The number of carboxylic acid groups (broad SMARTS) is 1. The number of unbranched alkanes of at least 4 members (excludes halogenated alkanes) is 3. The number of nitro groups is 1. The van der Waals surface area contributed by atoms with Crippen molar-refractivity contribution in [3.8, 4) is 0 Å². The Labute approximate surface area is 118 Å². The number of para-hydroxylation sites is 1. The number of anilines is 1. The molecule has 0 aromatic heterocycles. The number of hydrogen-bond acceptors (Lipinski definition) is 4. The molecule has 0 aliphatic heterocycles. The first kappa shape index (κ1) is 15.9. The Balaban J connectivity index is 2.35. The van der Waals surface area contributed by atoms with E-state index in [1.165, 1.54) is 6.07 Å². The van der Waals surface area contributed by atoms with Crippen LogP contribution in [0.1, 0.15) is 37.7 Å². The minimum absolute atomic E-state index is 0.0934. The summed E-state index contributed by atoms with van der Waals surface area (Å²) in [6.45, 7) is 2.49. The van der Waals surface area contributed by atoms with Crippen LogP contribution in [0, 0.1) is 17.0 Å². The molecule has 0 aliphatic carbocycles. The smallest absolute Gasteiger partial charge is 0.303 e. The van der Waals surface area contributed by atoms with Gasteiger partial charge in [0.15, 0.2) is 0 Å². The molecule has 1 aromatic carbocycles. The van der Waals surface area contributed by atoms with Crippen molar-refractivity contribution in [3.05, 3.63) is 33.9 Å². The van der Waals surface area contributed by atoms with E-state index in [2.05, 4.69) is 5.32 Å². The molecule has 6 heteroatoms. The summed E-state index contributed by atoms with van der Waals surface area (Å²) >= 11 is 0. The number of benzene rings is 1. The quantitative estimate of drug-likeness (QED) is 0.411. The van der Waals surface area contributed by atoms with Gasteiger partial charge in [-0.1, -0.05) is 25.0 Å². The normalized spacial score (nSPS) is 10.2. The summed E-state index contributed by atoms with van der Waals surface area (Å²) in [4.78, 5) is 20.9. The maximum absolute atomic E-state index is 10.9. The van der Waals surface area contributed by atoms with Crippen molar-refractivity contribution in [2.24, 2.45) is 0 Å². The molecule has 1 aromatic rings. The van der Waals surface area contributed by atoms with Crippen molar-refractivity contribution >= 4 is 17.3 Å². The Morgan fingerprint density at radius 2 is 2.00 bits per heavy atom. The molecule has 0 radical (unpaired) electrons. The third-order valence-electron chi connectivity index (χ3n) is 3.07. The zero-order chi connectivity index (χ0) is 15.0. The van der Waals surface area contributed by atoms with Crippen molar-refractivity contribution in [1.82, 2.24) is 0 Å². The van der Waals surface area contributed by atoms with Gasteiger partial charge in [0.05, 0.1) is 4.92 Å². The van der Waals surface area contributed by atoms with Crippen LogP contribution in [-0.2, 0) is 4.79 Å². The molecule has 0 aliphatic rings. The predicted molar refractivity (Wildman–Crippen MR) is 77.0 cm³/mol. The molecule has 0 unspecified atom stereocenters. The fourth-order valence-corrected chi connectivity index (χ4v) is 2.00. The lowest BCUT2D eigenvalue weighted by Gasteiger charge is -2.09. The van der Waals surface area contributed by atoms with Gasteiger partial charge in [0, 0.05) is 19.0 Å². The molecule has 6 nitrogen and oxygen atoms in total. The highest BCUT2D eigenvalue weighted by Crippen LogP contribution is 2.27. The highest BCUT2D eigenvalue weighted by molar-refractivity contribution is 5.66. The zero-order valence-electron chi connectivity index (χ0n) is 11.6. The van der Waals surface area contributed by atoms with Crippen LogP contribution < -0.4 is 5.32 Å². The molecule has 0 heterocycles. The number of nitro benzene ring substituents is 1. The number of nitrogens with one attached hydrogen (secondary N) is 1. The number of carboxylic acids is 1. The molecule has 1 rings (SSSR count). The molecule has 20 heavy (non-hydrogen) atoms. The van der Waals surface area contributed by atoms with Gasteiger partial charge in [-0.2, -0.15) is 0 Å². The van der Waals surface area contributed by atoms with Gasteiger partial charge in [-0.3, -0.25) is 14.9 Å². The molecule has 0 saturated carbocycles. The maximum atomic E-state index is 10.9. The minimum Gasteiger partial charge on any atom is -0.481 e. The van der Waals surface area contributed by atoms with E-state index in [-0.39, 0.29) is 17.0 Å². The number of nitrogens with zero attached hydrogens (tertiary/aromatic N) is 1. The fourth-order valence-electron chi connectivity index (χ4n) is 2.00. The Morgan fingerprint density at radius 3 is 2.65 bits per heavy atom. The third-order valence-corrected chi connectivity index (χ3v) is 3.07. The summed E-state index contributed by atoms with van der Waals surface area (Å²) in [7, 11) is 0. The summed E-state index contributed by atoms with van der Waals surface area (Å²) < 4.78 is 0. The lowest BCUT2D eigenvalue weighted by Crippen LogP contribution is -2.06. The Bertz CT molecular complexity index is 474. The van der Waals surface area contributed by atoms with Crippen molar-refractivity contribution in [2.75, 3.05) is 11.9 Å². The Hall–Kier alpha value is -2.11. The van der Waals surface area contributed by atoms with Gasteiger partial charge in [-0.15, -0.1) is 0 Å². The van der Waals surface area contributed by atoms with Crippen LogP contribution in [0.3, 0.4) is 0 Å². The van der Waals surface area contributed by atoms with E-state index < -0.39 is 5.97 Å². The van der Waals surface area contributed by atoms with E-state index in [4.69, 9.17) is 5.11 Å². The van der Waals surface area contributed by atoms with E-state index in [0.717, 1.165) is 24.8 Å². The third kappa shape index (κ3) is 5.26. The van der Waals surface area contributed by atoms with Crippen molar-refractivity contribution in [3.63, 3.8) is 0 Å². The van der Waals surface area contributed by atoms with E-state index in [9.17, 15) is 14.9 Å². The highest BCUT2D eigenvalue weighted by Gasteiger charge is 2.14. The van der Waals surface area contributed by atoms with Gasteiger partial charge >= 0.3 is 5.97 Å². The van der Waals surface area contributed by atoms with Gasteiger partial charge in [0.1, 0.15) is 5.69 Å². The molecule has 0 saturated heterocycles. The predicted octanol–water partition coefficient (Wildman–Crippen LogP) is 3.35. The number of rotatable bonds is 9.